The first kappa shape index (κ1) is 70.7. The highest BCUT2D eigenvalue weighted by Gasteiger charge is 2.16. The Labute approximate surface area is 476 Å². The first-order valence-electron chi connectivity index (χ1n) is 32.9. The number of hydrogen-bond donors (Lipinski definition) is 0. The third-order valence-corrected chi connectivity index (χ3v) is 14.7. The van der Waals surface area contributed by atoms with Crippen LogP contribution in [0, 0.1) is 0 Å². The third kappa shape index (κ3) is 47.0. The molecule has 0 fully saturated rings. The maximum atomic E-state index is 6.67. The van der Waals surface area contributed by atoms with Crippen molar-refractivity contribution in [2.75, 3.05) is 26.4 Å². The molecule has 0 amide bonds. The summed E-state index contributed by atoms with van der Waals surface area (Å²) in [6, 6.07) is 20.7. The minimum Gasteiger partial charge on any atom is -0.353 e. The van der Waals surface area contributed by atoms with Gasteiger partial charge in [-0.2, -0.15) is 0 Å². The van der Waals surface area contributed by atoms with Crippen LogP contribution < -0.4 is 0 Å². The second-order valence-electron chi connectivity index (χ2n) is 22.1. The quantitative estimate of drug-likeness (QED) is 0.0371. The van der Waals surface area contributed by atoms with E-state index in [-0.39, 0.29) is 12.6 Å². The summed E-state index contributed by atoms with van der Waals surface area (Å²) in [5, 5.41) is 0. The van der Waals surface area contributed by atoms with Crippen LogP contribution in [-0.4, -0.2) is 51.6 Å². The van der Waals surface area contributed by atoms with Gasteiger partial charge in [-0.3, -0.25) is 0 Å². The molecular weight excluding hydrogens is 953 g/mol. The predicted octanol–water partition coefficient (Wildman–Crippen LogP) is 21.6. The Balaban J connectivity index is 1.99. The summed E-state index contributed by atoms with van der Waals surface area (Å²) in [5.74, 6) is 0. The summed E-state index contributed by atoms with van der Waals surface area (Å²) in [6.45, 7) is 13.2. The van der Waals surface area contributed by atoms with Crippen molar-refractivity contribution in [2.24, 2.45) is 0 Å². The average molecular weight is 1080 g/mol. The number of ether oxygens (including phenoxy) is 7. The monoisotopic (exact) mass is 1070 g/mol. The highest BCUT2D eigenvalue weighted by atomic mass is 16.8. The minimum absolute atomic E-state index is 0.121. The maximum absolute atomic E-state index is 6.67. The summed E-state index contributed by atoms with van der Waals surface area (Å²) < 4.78 is 45.2. The summed E-state index contributed by atoms with van der Waals surface area (Å²) in [4.78, 5) is 0. The molecule has 2 aromatic rings. The van der Waals surface area contributed by atoms with Gasteiger partial charge in [0.05, 0.1) is 13.2 Å². The van der Waals surface area contributed by atoms with E-state index in [0.29, 0.717) is 13.2 Å². The molecule has 0 aromatic heterocycles. The molecule has 2 atom stereocenters. The molecule has 7 nitrogen and oxygen atoms in total. The number of allylic oxidation sites excluding steroid dienone is 2. The Bertz CT molecular complexity index is 1350. The van der Waals surface area contributed by atoms with Gasteiger partial charge < -0.3 is 33.2 Å². The predicted molar refractivity (Wildman–Crippen MR) is 328 cm³/mol. The fourth-order valence-corrected chi connectivity index (χ4v) is 9.71. The molecule has 0 spiro atoms. The van der Waals surface area contributed by atoms with E-state index in [1.54, 1.807) is 0 Å². The van der Waals surface area contributed by atoms with Crippen molar-refractivity contribution in [3.63, 3.8) is 0 Å². The first-order chi connectivity index (χ1) is 38.2. The van der Waals surface area contributed by atoms with E-state index >= 15 is 0 Å². The molecule has 0 aliphatic carbocycles. The second-order valence-corrected chi connectivity index (χ2v) is 22.1. The molecule has 0 bridgehead atoms. The van der Waals surface area contributed by atoms with Crippen molar-refractivity contribution in [3.8, 4) is 0 Å². The summed E-state index contributed by atoms with van der Waals surface area (Å²) in [7, 11) is 0. The fraction of sp³-hybridized carbons (Fsp3) is 0.771. The summed E-state index contributed by atoms with van der Waals surface area (Å²) in [6.07, 6.45) is 56.8. The standard InChI is InChI=1S/C70H122O7/c1-5-9-13-17-21-25-33-47-59-71-67(72-60-48-34-26-22-18-14-10-6-2)55-43-29-31-45-57-69(75-63-65-51-39-37-40-52-65)77-70(76-64-66-53-41-38-42-54-66)58-46-32-30-44-56-68(73-61-49-35-27-23-19-15-11-7-3)74-62-50-36-28-24-20-16-12-8-4/h37-42,45-46,51-54,57-58,67-70H,5-36,43-44,47-50,55-56,59-64H2,1-4H3. The van der Waals surface area contributed by atoms with Gasteiger partial charge in [0.15, 0.2) is 25.2 Å². The Morgan fingerprint density at radius 1 is 0.299 bits per heavy atom. The molecule has 0 heterocycles. The van der Waals surface area contributed by atoms with Crippen LogP contribution in [0.1, 0.15) is 296 Å². The molecule has 7 heteroatoms. The Morgan fingerprint density at radius 3 is 0.857 bits per heavy atom. The lowest BCUT2D eigenvalue weighted by molar-refractivity contribution is -0.215. The zero-order valence-electron chi connectivity index (χ0n) is 50.8. The van der Waals surface area contributed by atoms with Crippen molar-refractivity contribution in [2.45, 2.75) is 323 Å². The number of hydrogen-bond acceptors (Lipinski definition) is 7. The van der Waals surface area contributed by atoms with E-state index in [2.05, 4.69) is 101 Å². The lowest BCUT2D eigenvalue weighted by atomic mass is 10.1. The van der Waals surface area contributed by atoms with Crippen molar-refractivity contribution in [1.29, 1.82) is 0 Å². The van der Waals surface area contributed by atoms with E-state index in [0.717, 1.165) is 115 Å². The van der Waals surface area contributed by atoms with Crippen molar-refractivity contribution < 1.29 is 33.2 Å². The first-order valence-corrected chi connectivity index (χ1v) is 32.9. The molecule has 2 aromatic carbocycles. The lowest BCUT2D eigenvalue weighted by Gasteiger charge is -2.22. The Morgan fingerprint density at radius 2 is 0.571 bits per heavy atom. The molecule has 2 rings (SSSR count). The van der Waals surface area contributed by atoms with Gasteiger partial charge in [-0.25, -0.2) is 0 Å². The number of unbranched alkanes of at least 4 members (excludes halogenated alkanes) is 32. The van der Waals surface area contributed by atoms with Gasteiger partial charge in [-0.15, -0.1) is 0 Å². The lowest BCUT2D eigenvalue weighted by Crippen LogP contribution is -2.24. The molecule has 0 saturated carbocycles. The molecule has 0 aliphatic heterocycles. The zero-order valence-corrected chi connectivity index (χ0v) is 50.8. The maximum Gasteiger partial charge on any atom is 0.180 e. The van der Waals surface area contributed by atoms with E-state index in [4.69, 9.17) is 33.2 Å². The largest absolute Gasteiger partial charge is 0.353 e. The summed E-state index contributed by atoms with van der Waals surface area (Å²) >= 11 is 0. The van der Waals surface area contributed by atoms with Crippen molar-refractivity contribution in [3.05, 3.63) is 96.1 Å². The normalized spacial score (nSPS) is 12.9. The highest BCUT2D eigenvalue weighted by Crippen LogP contribution is 2.19. The van der Waals surface area contributed by atoms with Gasteiger partial charge >= 0.3 is 0 Å². The van der Waals surface area contributed by atoms with Crippen molar-refractivity contribution >= 4 is 0 Å². The van der Waals surface area contributed by atoms with Gasteiger partial charge in [-0.1, -0.05) is 280 Å². The second kappa shape index (κ2) is 56.9. The fourth-order valence-electron chi connectivity index (χ4n) is 9.71. The van der Waals surface area contributed by atoms with Crippen LogP contribution in [0.3, 0.4) is 0 Å². The third-order valence-electron chi connectivity index (χ3n) is 14.7. The molecule has 0 aliphatic rings. The van der Waals surface area contributed by atoms with E-state index in [1.165, 1.54) is 180 Å². The SMILES string of the molecule is CCCCCCCCCCOC(CCCCC=CC(OCc1ccccc1)OC(C=CCCCCC(OCCCCCCCCCC)OCCCCCCCCCC)OCc1ccccc1)OCCCCCCCCCC. The number of rotatable bonds is 60. The Kier molecular flexibility index (Phi) is 52.3. The van der Waals surface area contributed by atoms with Crippen LogP contribution in [0.2, 0.25) is 0 Å². The molecule has 77 heavy (non-hydrogen) atoms. The average Bonchev–Trinajstić information content (AvgIpc) is 3.45. The zero-order chi connectivity index (χ0) is 54.8. The molecule has 2 unspecified atom stereocenters. The Hall–Kier alpha value is -2.36. The molecule has 0 saturated heterocycles. The van der Waals surface area contributed by atoms with Crippen LogP contribution in [0.5, 0.6) is 0 Å². The van der Waals surface area contributed by atoms with E-state index in [1.807, 2.05) is 12.1 Å². The van der Waals surface area contributed by atoms with Gasteiger partial charge in [0, 0.05) is 26.4 Å². The smallest absolute Gasteiger partial charge is 0.180 e. The van der Waals surface area contributed by atoms with Crippen LogP contribution in [0.25, 0.3) is 0 Å². The van der Waals surface area contributed by atoms with Crippen LogP contribution in [-0.2, 0) is 46.4 Å². The van der Waals surface area contributed by atoms with Crippen LogP contribution in [0.4, 0.5) is 0 Å². The van der Waals surface area contributed by atoms with Gasteiger partial charge in [-0.05, 0) is 100 Å². The summed E-state index contributed by atoms with van der Waals surface area (Å²) in [5.41, 5.74) is 2.22. The van der Waals surface area contributed by atoms with Crippen LogP contribution >= 0.6 is 0 Å². The van der Waals surface area contributed by atoms with E-state index < -0.39 is 12.6 Å². The van der Waals surface area contributed by atoms with Gasteiger partial charge in [0.2, 0.25) is 0 Å². The van der Waals surface area contributed by atoms with E-state index in [9.17, 15) is 0 Å². The molecule has 0 radical (unpaired) electrons. The molecule has 444 valence electrons. The number of benzene rings is 2. The van der Waals surface area contributed by atoms with Crippen LogP contribution in [0.15, 0.2) is 85.0 Å². The molecular formula is C70H122O7. The van der Waals surface area contributed by atoms with Gasteiger partial charge in [0.1, 0.15) is 0 Å². The molecule has 0 N–H and O–H groups in total. The minimum atomic E-state index is -0.574. The van der Waals surface area contributed by atoms with Gasteiger partial charge in [0.25, 0.3) is 0 Å². The topological polar surface area (TPSA) is 64.6 Å². The van der Waals surface area contributed by atoms with Crippen molar-refractivity contribution in [1.82, 2.24) is 0 Å². The highest BCUT2D eigenvalue weighted by molar-refractivity contribution is 5.14.